The SMILES string of the molecule is CN(C(=O)CN1CCC(N)CC1)c1cccnc1. The molecule has 1 aromatic heterocycles. The van der Waals surface area contributed by atoms with Gasteiger partial charge in [0, 0.05) is 32.4 Å². The predicted molar refractivity (Wildman–Crippen MR) is 71.3 cm³/mol. The van der Waals surface area contributed by atoms with Crippen LogP contribution in [0.5, 0.6) is 0 Å². The number of rotatable bonds is 3. The normalized spacial score (nSPS) is 17.7. The minimum absolute atomic E-state index is 0.0958. The van der Waals surface area contributed by atoms with Crippen molar-refractivity contribution in [3.63, 3.8) is 0 Å². The van der Waals surface area contributed by atoms with Crippen LogP contribution in [0.15, 0.2) is 24.5 Å². The number of likely N-dealkylation sites (N-methyl/N-ethyl adjacent to an activating group) is 1. The molecular formula is C13H20N4O. The number of carbonyl (C=O) groups is 1. The van der Waals surface area contributed by atoms with Gasteiger partial charge in [0.1, 0.15) is 0 Å². The summed E-state index contributed by atoms with van der Waals surface area (Å²) in [4.78, 5) is 20.0. The van der Waals surface area contributed by atoms with Crippen LogP contribution in [0.2, 0.25) is 0 Å². The highest BCUT2D eigenvalue weighted by atomic mass is 16.2. The minimum atomic E-state index is 0.0958. The van der Waals surface area contributed by atoms with Crippen molar-refractivity contribution in [2.75, 3.05) is 31.6 Å². The molecule has 0 unspecified atom stereocenters. The van der Waals surface area contributed by atoms with Gasteiger partial charge in [-0.3, -0.25) is 14.7 Å². The maximum absolute atomic E-state index is 12.1. The van der Waals surface area contributed by atoms with Gasteiger partial charge in [0.15, 0.2) is 0 Å². The van der Waals surface area contributed by atoms with Crippen LogP contribution in [-0.4, -0.2) is 48.5 Å². The lowest BCUT2D eigenvalue weighted by Crippen LogP contribution is -2.45. The number of hydrogen-bond acceptors (Lipinski definition) is 4. The van der Waals surface area contributed by atoms with Crippen molar-refractivity contribution in [3.05, 3.63) is 24.5 Å². The minimum Gasteiger partial charge on any atom is -0.328 e. The van der Waals surface area contributed by atoms with Crippen molar-refractivity contribution in [1.82, 2.24) is 9.88 Å². The third kappa shape index (κ3) is 3.27. The molecule has 0 radical (unpaired) electrons. The van der Waals surface area contributed by atoms with Crippen LogP contribution in [-0.2, 0) is 4.79 Å². The van der Waals surface area contributed by atoms with E-state index in [4.69, 9.17) is 5.73 Å². The molecule has 0 spiro atoms. The molecule has 2 N–H and O–H groups in total. The Morgan fingerprint density at radius 2 is 2.28 bits per heavy atom. The van der Waals surface area contributed by atoms with Crippen LogP contribution in [0.25, 0.3) is 0 Å². The second kappa shape index (κ2) is 5.93. The Kier molecular flexibility index (Phi) is 4.28. The molecule has 1 fully saturated rings. The largest absolute Gasteiger partial charge is 0.328 e. The molecule has 18 heavy (non-hydrogen) atoms. The summed E-state index contributed by atoms with van der Waals surface area (Å²) in [6.07, 6.45) is 5.35. The van der Waals surface area contributed by atoms with Crippen molar-refractivity contribution in [2.45, 2.75) is 18.9 Å². The highest BCUT2D eigenvalue weighted by Gasteiger charge is 2.20. The van der Waals surface area contributed by atoms with Gasteiger partial charge in [0.2, 0.25) is 5.91 Å². The van der Waals surface area contributed by atoms with E-state index in [0.717, 1.165) is 31.6 Å². The van der Waals surface area contributed by atoms with Crippen molar-refractivity contribution in [1.29, 1.82) is 0 Å². The molecule has 1 aromatic rings. The van der Waals surface area contributed by atoms with Gasteiger partial charge in [0.25, 0.3) is 0 Å². The lowest BCUT2D eigenvalue weighted by molar-refractivity contribution is -0.119. The van der Waals surface area contributed by atoms with Gasteiger partial charge in [-0.15, -0.1) is 0 Å². The second-order valence-electron chi connectivity index (χ2n) is 4.78. The fraction of sp³-hybridized carbons (Fsp3) is 0.538. The first-order chi connectivity index (χ1) is 8.66. The van der Waals surface area contributed by atoms with Gasteiger partial charge < -0.3 is 10.6 Å². The number of carbonyl (C=O) groups excluding carboxylic acids is 1. The third-order valence-electron chi connectivity index (χ3n) is 3.40. The molecule has 1 aliphatic heterocycles. The maximum Gasteiger partial charge on any atom is 0.240 e. The average molecular weight is 248 g/mol. The Morgan fingerprint density at radius 3 is 2.89 bits per heavy atom. The average Bonchev–Trinajstić information content (AvgIpc) is 2.41. The Balaban J connectivity index is 1.88. The number of nitrogens with two attached hydrogens (primary N) is 1. The summed E-state index contributed by atoms with van der Waals surface area (Å²) in [7, 11) is 1.79. The molecule has 1 amide bonds. The van der Waals surface area contributed by atoms with Gasteiger partial charge in [-0.1, -0.05) is 0 Å². The quantitative estimate of drug-likeness (QED) is 0.844. The zero-order valence-electron chi connectivity index (χ0n) is 10.7. The molecule has 98 valence electrons. The zero-order valence-corrected chi connectivity index (χ0v) is 10.7. The molecule has 0 atom stereocenters. The van der Waals surface area contributed by atoms with Crippen molar-refractivity contribution in [3.8, 4) is 0 Å². The Bertz CT molecular complexity index is 387. The fourth-order valence-corrected chi connectivity index (χ4v) is 2.10. The summed E-state index contributed by atoms with van der Waals surface area (Å²) in [6, 6.07) is 4.02. The summed E-state index contributed by atoms with van der Waals surface area (Å²) in [5.41, 5.74) is 6.68. The van der Waals surface area contributed by atoms with E-state index in [9.17, 15) is 4.79 Å². The molecule has 1 saturated heterocycles. The summed E-state index contributed by atoms with van der Waals surface area (Å²) in [5.74, 6) is 0.0958. The summed E-state index contributed by atoms with van der Waals surface area (Å²) < 4.78 is 0. The lowest BCUT2D eigenvalue weighted by atomic mass is 10.1. The molecule has 5 heteroatoms. The van der Waals surface area contributed by atoms with E-state index in [2.05, 4.69) is 9.88 Å². The topological polar surface area (TPSA) is 62.5 Å². The first kappa shape index (κ1) is 13.0. The van der Waals surface area contributed by atoms with E-state index >= 15 is 0 Å². The van der Waals surface area contributed by atoms with Crippen LogP contribution in [0.3, 0.4) is 0 Å². The Hall–Kier alpha value is -1.46. The third-order valence-corrected chi connectivity index (χ3v) is 3.40. The molecule has 1 aliphatic rings. The van der Waals surface area contributed by atoms with E-state index < -0.39 is 0 Å². The van der Waals surface area contributed by atoms with E-state index in [0.29, 0.717) is 12.6 Å². The molecular weight excluding hydrogens is 228 g/mol. The molecule has 0 bridgehead atoms. The number of piperidine rings is 1. The molecule has 2 rings (SSSR count). The lowest BCUT2D eigenvalue weighted by Gasteiger charge is -2.30. The highest BCUT2D eigenvalue weighted by Crippen LogP contribution is 2.12. The van der Waals surface area contributed by atoms with Crippen LogP contribution in [0, 0.1) is 0 Å². The summed E-state index contributed by atoms with van der Waals surface area (Å²) in [5, 5.41) is 0. The predicted octanol–water partition coefficient (Wildman–Crippen LogP) is 0.468. The maximum atomic E-state index is 12.1. The molecule has 0 aliphatic carbocycles. The molecule has 2 heterocycles. The number of aromatic nitrogens is 1. The molecule has 0 saturated carbocycles. The Morgan fingerprint density at radius 1 is 1.56 bits per heavy atom. The number of pyridine rings is 1. The number of nitrogens with zero attached hydrogens (tertiary/aromatic N) is 3. The van der Waals surface area contributed by atoms with Crippen molar-refractivity contribution < 1.29 is 4.79 Å². The van der Waals surface area contributed by atoms with E-state index in [1.165, 1.54) is 0 Å². The summed E-state index contributed by atoms with van der Waals surface area (Å²) in [6.45, 7) is 2.28. The standard InChI is InChI=1S/C13H20N4O/c1-16(12-3-2-6-15-9-12)13(18)10-17-7-4-11(14)5-8-17/h2-3,6,9,11H,4-5,7-8,10,14H2,1H3. The van der Waals surface area contributed by atoms with E-state index in [1.807, 2.05) is 12.1 Å². The van der Waals surface area contributed by atoms with Crippen LogP contribution in [0.1, 0.15) is 12.8 Å². The van der Waals surface area contributed by atoms with Gasteiger partial charge in [-0.05, 0) is 25.0 Å². The molecule has 5 nitrogen and oxygen atoms in total. The monoisotopic (exact) mass is 248 g/mol. The number of amides is 1. The second-order valence-corrected chi connectivity index (χ2v) is 4.78. The zero-order chi connectivity index (χ0) is 13.0. The van der Waals surface area contributed by atoms with Crippen molar-refractivity contribution >= 4 is 11.6 Å². The van der Waals surface area contributed by atoms with Crippen LogP contribution < -0.4 is 10.6 Å². The van der Waals surface area contributed by atoms with E-state index in [-0.39, 0.29) is 5.91 Å². The first-order valence-corrected chi connectivity index (χ1v) is 6.31. The van der Waals surface area contributed by atoms with Crippen LogP contribution >= 0.6 is 0 Å². The highest BCUT2D eigenvalue weighted by molar-refractivity contribution is 5.94. The fourth-order valence-electron chi connectivity index (χ4n) is 2.10. The number of anilines is 1. The molecule has 0 aromatic carbocycles. The van der Waals surface area contributed by atoms with Crippen molar-refractivity contribution in [2.24, 2.45) is 5.73 Å². The van der Waals surface area contributed by atoms with Gasteiger partial charge in [-0.25, -0.2) is 0 Å². The summed E-state index contributed by atoms with van der Waals surface area (Å²) >= 11 is 0. The first-order valence-electron chi connectivity index (χ1n) is 6.31. The van der Waals surface area contributed by atoms with Gasteiger partial charge in [-0.2, -0.15) is 0 Å². The smallest absolute Gasteiger partial charge is 0.240 e. The van der Waals surface area contributed by atoms with Gasteiger partial charge >= 0.3 is 0 Å². The number of likely N-dealkylation sites (tertiary alicyclic amines) is 1. The Labute approximate surface area is 108 Å². The van der Waals surface area contributed by atoms with Gasteiger partial charge in [0.05, 0.1) is 18.4 Å². The number of hydrogen-bond donors (Lipinski definition) is 1. The van der Waals surface area contributed by atoms with E-state index in [1.54, 1.807) is 24.3 Å². The van der Waals surface area contributed by atoms with Crippen LogP contribution in [0.4, 0.5) is 5.69 Å².